The minimum Gasteiger partial charge on any atom is -0.352 e. The standard InChI is InChI=1S/C21H25FN2O/c22-20-11-5-4-8-17(20)14-21(25)23-15-18-9-2-3-10-19(18)16-24-12-6-1-7-13-24/h2-5,8-11H,1,6-7,12-16H2,(H,23,25)/p+1. The second kappa shape index (κ2) is 8.77. The molecule has 1 fully saturated rings. The quantitative estimate of drug-likeness (QED) is 0.830. The number of quaternary nitrogens is 1. The summed E-state index contributed by atoms with van der Waals surface area (Å²) in [4.78, 5) is 13.8. The van der Waals surface area contributed by atoms with Crippen molar-refractivity contribution in [2.75, 3.05) is 13.1 Å². The molecular formula is C21H26FN2O+. The molecule has 25 heavy (non-hydrogen) atoms. The van der Waals surface area contributed by atoms with Gasteiger partial charge >= 0.3 is 0 Å². The van der Waals surface area contributed by atoms with Gasteiger partial charge in [-0.2, -0.15) is 0 Å². The molecule has 0 unspecified atom stereocenters. The first-order valence-corrected chi connectivity index (χ1v) is 9.13. The molecule has 0 saturated carbocycles. The average Bonchev–Trinajstić information content (AvgIpc) is 2.64. The lowest BCUT2D eigenvalue weighted by Crippen LogP contribution is -3.11. The fraction of sp³-hybridized carbons (Fsp3) is 0.381. The van der Waals surface area contributed by atoms with Crippen LogP contribution < -0.4 is 10.2 Å². The Hall–Kier alpha value is -2.20. The molecule has 0 aliphatic carbocycles. The second-order valence-electron chi connectivity index (χ2n) is 6.80. The van der Waals surface area contributed by atoms with Crippen LogP contribution in [0.4, 0.5) is 4.39 Å². The molecule has 4 heteroatoms. The highest BCUT2D eigenvalue weighted by atomic mass is 19.1. The number of hydrogen-bond donors (Lipinski definition) is 2. The van der Waals surface area contributed by atoms with Crippen LogP contribution in [0.3, 0.4) is 0 Å². The summed E-state index contributed by atoms with van der Waals surface area (Å²) in [5, 5.41) is 2.94. The summed E-state index contributed by atoms with van der Waals surface area (Å²) in [6.07, 6.45) is 4.03. The van der Waals surface area contributed by atoms with Gasteiger partial charge in [0.1, 0.15) is 12.4 Å². The van der Waals surface area contributed by atoms with Crippen LogP contribution in [0.1, 0.15) is 36.0 Å². The molecule has 2 aromatic carbocycles. The third kappa shape index (κ3) is 5.13. The number of rotatable bonds is 6. The maximum atomic E-state index is 13.7. The summed E-state index contributed by atoms with van der Waals surface area (Å²) in [7, 11) is 0. The Kier molecular flexibility index (Phi) is 6.18. The van der Waals surface area contributed by atoms with Gasteiger partial charge in [0.25, 0.3) is 0 Å². The fourth-order valence-corrected chi connectivity index (χ4v) is 3.47. The molecule has 2 aromatic rings. The molecule has 3 rings (SSSR count). The minimum atomic E-state index is -0.327. The smallest absolute Gasteiger partial charge is 0.224 e. The van der Waals surface area contributed by atoms with E-state index < -0.39 is 0 Å². The van der Waals surface area contributed by atoms with Gasteiger partial charge in [0, 0.05) is 12.1 Å². The van der Waals surface area contributed by atoms with Gasteiger partial charge < -0.3 is 10.2 Å². The number of benzene rings is 2. The zero-order chi connectivity index (χ0) is 17.5. The summed E-state index contributed by atoms with van der Waals surface area (Å²) in [6.45, 7) is 3.97. The van der Waals surface area contributed by atoms with Gasteiger partial charge in [0.2, 0.25) is 5.91 Å². The largest absolute Gasteiger partial charge is 0.352 e. The first-order valence-electron chi connectivity index (χ1n) is 9.13. The summed E-state index contributed by atoms with van der Waals surface area (Å²) in [5.41, 5.74) is 2.89. The van der Waals surface area contributed by atoms with Crippen molar-refractivity contribution in [1.82, 2.24) is 5.32 Å². The third-order valence-electron chi connectivity index (χ3n) is 4.90. The highest BCUT2D eigenvalue weighted by Crippen LogP contribution is 2.10. The van der Waals surface area contributed by atoms with Gasteiger partial charge in [-0.3, -0.25) is 4.79 Å². The molecule has 0 radical (unpaired) electrons. The second-order valence-corrected chi connectivity index (χ2v) is 6.80. The lowest BCUT2D eigenvalue weighted by molar-refractivity contribution is -0.918. The molecule has 0 aromatic heterocycles. The number of carbonyl (C=O) groups is 1. The van der Waals surface area contributed by atoms with Crippen LogP contribution in [-0.4, -0.2) is 19.0 Å². The van der Waals surface area contributed by atoms with Crippen LogP contribution in [0.5, 0.6) is 0 Å². The van der Waals surface area contributed by atoms with Crippen molar-refractivity contribution in [1.29, 1.82) is 0 Å². The maximum absolute atomic E-state index is 13.7. The Labute approximate surface area is 148 Å². The van der Waals surface area contributed by atoms with E-state index in [2.05, 4.69) is 23.5 Å². The summed E-state index contributed by atoms with van der Waals surface area (Å²) in [5.74, 6) is -0.475. The van der Waals surface area contributed by atoms with Crippen molar-refractivity contribution >= 4 is 5.91 Å². The van der Waals surface area contributed by atoms with Crippen LogP contribution in [0.2, 0.25) is 0 Å². The summed E-state index contributed by atoms with van der Waals surface area (Å²) >= 11 is 0. The molecule has 1 aliphatic heterocycles. The van der Waals surface area contributed by atoms with Crippen LogP contribution in [-0.2, 0) is 24.3 Å². The van der Waals surface area contributed by atoms with Crippen molar-refractivity contribution in [3.8, 4) is 0 Å². The number of nitrogens with one attached hydrogen (secondary N) is 2. The topological polar surface area (TPSA) is 33.5 Å². The molecule has 3 nitrogen and oxygen atoms in total. The Balaban J connectivity index is 1.57. The van der Waals surface area contributed by atoms with E-state index in [9.17, 15) is 9.18 Å². The van der Waals surface area contributed by atoms with Crippen LogP contribution >= 0.6 is 0 Å². The number of piperidine rings is 1. The maximum Gasteiger partial charge on any atom is 0.224 e. The number of likely N-dealkylation sites (tertiary alicyclic amines) is 1. The van der Waals surface area contributed by atoms with Crippen LogP contribution in [0.15, 0.2) is 48.5 Å². The normalized spacial score (nSPS) is 15.1. The highest BCUT2D eigenvalue weighted by molar-refractivity contribution is 5.78. The molecule has 2 N–H and O–H groups in total. The van der Waals surface area contributed by atoms with Gasteiger partial charge in [-0.05, 0) is 36.5 Å². The highest BCUT2D eigenvalue weighted by Gasteiger charge is 2.16. The number of halogens is 1. The van der Waals surface area contributed by atoms with Gasteiger partial charge in [-0.1, -0.05) is 42.5 Å². The monoisotopic (exact) mass is 341 g/mol. The molecule has 0 bridgehead atoms. The van der Waals surface area contributed by atoms with E-state index in [0.29, 0.717) is 12.1 Å². The van der Waals surface area contributed by atoms with Gasteiger partial charge in [0.05, 0.1) is 19.5 Å². The van der Waals surface area contributed by atoms with Crippen molar-refractivity contribution in [3.05, 3.63) is 71.0 Å². The van der Waals surface area contributed by atoms with E-state index in [4.69, 9.17) is 0 Å². The molecule has 1 heterocycles. The number of carbonyl (C=O) groups excluding carboxylic acids is 1. The zero-order valence-corrected chi connectivity index (χ0v) is 14.6. The van der Waals surface area contributed by atoms with Crippen molar-refractivity contribution < 1.29 is 14.1 Å². The number of amides is 1. The van der Waals surface area contributed by atoms with Gasteiger partial charge in [0.15, 0.2) is 0 Å². The van der Waals surface area contributed by atoms with E-state index in [1.54, 1.807) is 23.1 Å². The van der Waals surface area contributed by atoms with E-state index in [0.717, 1.165) is 12.1 Å². The van der Waals surface area contributed by atoms with Crippen LogP contribution in [0.25, 0.3) is 0 Å². The zero-order valence-electron chi connectivity index (χ0n) is 14.6. The number of hydrogen-bond acceptors (Lipinski definition) is 1. The van der Waals surface area contributed by atoms with E-state index >= 15 is 0 Å². The van der Waals surface area contributed by atoms with Crippen LogP contribution in [0, 0.1) is 5.82 Å². The summed E-state index contributed by atoms with van der Waals surface area (Å²) < 4.78 is 13.7. The molecule has 132 valence electrons. The van der Waals surface area contributed by atoms with E-state index in [-0.39, 0.29) is 18.1 Å². The SMILES string of the molecule is O=C(Cc1ccccc1F)NCc1ccccc1C[NH+]1CCCCC1. The predicted molar refractivity (Wildman–Crippen MR) is 96.6 cm³/mol. The molecule has 1 saturated heterocycles. The lowest BCUT2D eigenvalue weighted by Gasteiger charge is -2.24. The lowest BCUT2D eigenvalue weighted by atomic mass is 10.0. The minimum absolute atomic E-state index is 0.0756. The molecule has 0 atom stereocenters. The van der Waals surface area contributed by atoms with Gasteiger partial charge in [-0.15, -0.1) is 0 Å². The first-order chi connectivity index (χ1) is 12.2. The average molecular weight is 341 g/mol. The molecule has 0 spiro atoms. The van der Waals surface area contributed by atoms with Crippen molar-refractivity contribution in [2.24, 2.45) is 0 Å². The molecular weight excluding hydrogens is 315 g/mol. The fourth-order valence-electron chi connectivity index (χ4n) is 3.47. The Morgan fingerprint density at radius 3 is 2.28 bits per heavy atom. The first kappa shape index (κ1) is 17.6. The summed E-state index contributed by atoms with van der Waals surface area (Å²) in [6, 6.07) is 14.7. The Morgan fingerprint density at radius 2 is 1.56 bits per heavy atom. The van der Waals surface area contributed by atoms with Crippen molar-refractivity contribution in [2.45, 2.75) is 38.8 Å². The van der Waals surface area contributed by atoms with E-state index in [1.807, 2.05) is 6.07 Å². The van der Waals surface area contributed by atoms with Crippen molar-refractivity contribution in [3.63, 3.8) is 0 Å². The molecule has 1 amide bonds. The Bertz CT molecular complexity index is 711. The van der Waals surface area contributed by atoms with Gasteiger partial charge in [-0.25, -0.2) is 4.39 Å². The Morgan fingerprint density at radius 1 is 0.920 bits per heavy atom. The van der Waals surface area contributed by atoms with E-state index in [1.165, 1.54) is 44.0 Å². The third-order valence-corrected chi connectivity index (χ3v) is 4.90. The molecule has 1 aliphatic rings. The predicted octanol–water partition coefficient (Wildman–Crippen LogP) is 2.25.